The van der Waals surface area contributed by atoms with Gasteiger partial charge in [0.15, 0.2) is 0 Å². The number of sulfonamides is 1. The van der Waals surface area contributed by atoms with Crippen LogP contribution in [0.3, 0.4) is 0 Å². The van der Waals surface area contributed by atoms with Crippen LogP contribution in [-0.2, 0) is 10.0 Å². The minimum Gasteiger partial charge on any atom is -0.210 e. The lowest BCUT2D eigenvalue weighted by molar-refractivity contribution is 0.320. The summed E-state index contributed by atoms with van der Waals surface area (Å²) in [6.45, 7) is 6.86. The van der Waals surface area contributed by atoms with Crippen LogP contribution in [0.15, 0.2) is 20.1 Å². The third-order valence-electron chi connectivity index (χ3n) is 3.03. The molecule has 3 nitrogen and oxygen atoms in total. The van der Waals surface area contributed by atoms with Gasteiger partial charge in [-0.25, -0.2) is 13.1 Å². The zero-order chi connectivity index (χ0) is 14.5. The van der Waals surface area contributed by atoms with Gasteiger partial charge >= 0.3 is 0 Å². The van der Waals surface area contributed by atoms with Gasteiger partial charge in [0.2, 0.25) is 0 Å². The molecule has 0 aliphatic heterocycles. The average Bonchev–Trinajstić information content (AvgIpc) is 2.74. The average molecular weight is 368 g/mol. The molecule has 1 aromatic heterocycles. The Morgan fingerprint density at radius 1 is 1.37 bits per heavy atom. The Morgan fingerprint density at radius 2 is 2.05 bits per heavy atom. The van der Waals surface area contributed by atoms with E-state index in [0.717, 1.165) is 12.8 Å². The summed E-state index contributed by atoms with van der Waals surface area (Å²) in [5.74, 6) is 0. The number of hydrogen-bond acceptors (Lipinski definition) is 3. The molecule has 0 unspecified atom stereocenters. The molecule has 0 aliphatic rings. The first-order valence-electron chi connectivity index (χ1n) is 6.51. The fourth-order valence-electron chi connectivity index (χ4n) is 1.77. The molecule has 0 radical (unpaired) electrons. The normalized spacial score (nSPS) is 12.8. The molecule has 6 heteroatoms. The molecule has 1 heterocycles. The van der Waals surface area contributed by atoms with Crippen molar-refractivity contribution in [2.75, 3.05) is 6.54 Å². The molecule has 19 heavy (non-hydrogen) atoms. The topological polar surface area (TPSA) is 46.2 Å². The predicted octanol–water partition coefficient (Wildman–Crippen LogP) is 4.40. The predicted molar refractivity (Wildman–Crippen MR) is 85.1 cm³/mol. The van der Waals surface area contributed by atoms with Gasteiger partial charge in [0.25, 0.3) is 10.0 Å². The highest BCUT2D eigenvalue weighted by Crippen LogP contribution is 2.28. The van der Waals surface area contributed by atoms with E-state index in [9.17, 15) is 8.42 Å². The molecule has 0 fully saturated rings. The first kappa shape index (κ1) is 17.1. The number of unbranched alkanes of at least 4 members (excludes halogenated alkanes) is 2. The standard InChI is InChI=1S/C13H22BrNO2S2/c1-4-5-6-8-13(2,3)10-15-19(16,17)12-11(14)7-9-18-12/h7,9,15H,4-6,8,10H2,1-3H3. The van der Waals surface area contributed by atoms with Crippen molar-refractivity contribution in [2.24, 2.45) is 5.41 Å². The van der Waals surface area contributed by atoms with Gasteiger partial charge in [-0.05, 0) is 39.2 Å². The second kappa shape index (κ2) is 7.20. The van der Waals surface area contributed by atoms with Crippen LogP contribution in [0.4, 0.5) is 0 Å². The summed E-state index contributed by atoms with van der Waals surface area (Å²) < 4.78 is 28.0. The van der Waals surface area contributed by atoms with E-state index in [1.54, 1.807) is 11.4 Å². The van der Waals surface area contributed by atoms with E-state index in [1.165, 1.54) is 24.2 Å². The zero-order valence-electron chi connectivity index (χ0n) is 11.7. The smallest absolute Gasteiger partial charge is 0.210 e. The lowest BCUT2D eigenvalue weighted by atomic mass is 9.87. The van der Waals surface area contributed by atoms with E-state index in [2.05, 4.69) is 41.4 Å². The Labute approximate surface area is 129 Å². The van der Waals surface area contributed by atoms with Crippen LogP contribution in [0.2, 0.25) is 0 Å². The largest absolute Gasteiger partial charge is 0.251 e. The summed E-state index contributed by atoms with van der Waals surface area (Å²) >= 11 is 4.50. The molecule has 0 aliphatic carbocycles. The van der Waals surface area contributed by atoms with Crippen molar-refractivity contribution >= 4 is 37.3 Å². The minimum atomic E-state index is -3.39. The molecule has 0 spiro atoms. The van der Waals surface area contributed by atoms with Crippen LogP contribution >= 0.6 is 27.3 Å². The third-order valence-corrected chi connectivity index (χ3v) is 7.10. The fraction of sp³-hybridized carbons (Fsp3) is 0.692. The molecule has 0 saturated carbocycles. The van der Waals surface area contributed by atoms with E-state index >= 15 is 0 Å². The molecule has 1 N–H and O–H groups in total. The van der Waals surface area contributed by atoms with Crippen molar-refractivity contribution in [3.8, 4) is 0 Å². The number of halogens is 1. The SMILES string of the molecule is CCCCCC(C)(C)CNS(=O)(=O)c1sccc1Br. The Bertz CT molecular complexity index is 494. The molecule has 0 atom stereocenters. The van der Waals surface area contributed by atoms with Crippen molar-refractivity contribution in [2.45, 2.75) is 50.7 Å². The van der Waals surface area contributed by atoms with Gasteiger partial charge in [-0.15, -0.1) is 11.3 Å². The van der Waals surface area contributed by atoms with Crippen LogP contribution in [-0.4, -0.2) is 15.0 Å². The van der Waals surface area contributed by atoms with E-state index in [4.69, 9.17) is 0 Å². The van der Waals surface area contributed by atoms with Crippen molar-refractivity contribution in [1.82, 2.24) is 4.72 Å². The van der Waals surface area contributed by atoms with Crippen molar-refractivity contribution in [3.05, 3.63) is 15.9 Å². The Morgan fingerprint density at radius 3 is 2.58 bits per heavy atom. The molecule has 0 aromatic carbocycles. The second-order valence-corrected chi connectivity index (χ2v) is 9.23. The third kappa shape index (κ3) is 5.53. The summed E-state index contributed by atoms with van der Waals surface area (Å²) in [6, 6.07) is 1.76. The second-order valence-electron chi connectivity index (χ2n) is 5.50. The Kier molecular flexibility index (Phi) is 6.50. The first-order chi connectivity index (χ1) is 8.78. The van der Waals surface area contributed by atoms with Gasteiger partial charge in [0.05, 0.1) is 0 Å². The quantitative estimate of drug-likeness (QED) is 0.692. The van der Waals surface area contributed by atoms with Crippen LogP contribution in [0.25, 0.3) is 0 Å². The van der Waals surface area contributed by atoms with Gasteiger partial charge in [-0.1, -0.05) is 40.0 Å². The maximum atomic E-state index is 12.2. The van der Waals surface area contributed by atoms with Gasteiger partial charge in [-0.3, -0.25) is 0 Å². The molecule has 110 valence electrons. The zero-order valence-corrected chi connectivity index (χ0v) is 14.9. The van der Waals surface area contributed by atoms with Gasteiger partial charge in [0, 0.05) is 11.0 Å². The van der Waals surface area contributed by atoms with Gasteiger partial charge in [0.1, 0.15) is 4.21 Å². The number of nitrogens with one attached hydrogen (secondary N) is 1. The van der Waals surface area contributed by atoms with Crippen LogP contribution in [0, 0.1) is 5.41 Å². The van der Waals surface area contributed by atoms with E-state index in [0.29, 0.717) is 15.2 Å². The minimum absolute atomic E-state index is 0.00796. The summed E-state index contributed by atoms with van der Waals surface area (Å²) in [5, 5.41) is 1.77. The van der Waals surface area contributed by atoms with Gasteiger partial charge in [-0.2, -0.15) is 0 Å². The summed E-state index contributed by atoms with van der Waals surface area (Å²) in [4.78, 5) is 0. The highest BCUT2D eigenvalue weighted by Gasteiger charge is 2.24. The molecule has 1 rings (SSSR count). The summed E-state index contributed by atoms with van der Waals surface area (Å²) in [5.41, 5.74) is -0.00796. The van der Waals surface area contributed by atoms with Crippen molar-refractivity contribution < 1.29 is 8.42 Å². The van der Waals surface area contributed by atoms with Crippen LogP contribution < -0.4 is 4.72 Å². The Balaban J connectivity index is 2.58. The highest BCUT2D eigenvalue weighted by molar-refractivity contribution is 9.10. The van der Waals surface area contributed by atoms with E-state index < -0.39 is 10.0 Å². The monoisotopic (exact) mass is 367 g/mol. The molecular weight excluding hydrogens is 346 g/mol. The lowest BCUT2D eigenvalue weighted by Gasteiger charge is -2.24. The van der Waals surface area contributed by atoms with E-state index in [1.807, 2.05) is 0 Å². The Hall–Kier alpha value is 0.0900. The molecule has 1 aromatic rings. The van der Waals surface area contributed by atoms with Crippen LogP contribution in [0.5, 0.6) is 0 Å². The molecular formula is C13H22BrNO2S2. The van der Waals surface area contributed by atoms with Crippen LogP contribution in [0.1, 0.15) is 46.5 Å². The maximum absolute atomic E-state index is 12.2. The van der Waals surface area contributed by atoms with Gasteiger partial charge < -0.3 is 0 Å². The number of hydrogen-bond donors (Lipinski definition) is 1. The van der Waals surface area contributed by atoms with Crippen molar-refractivity contribution in [3.63, 3.8) is 0 Å². The lowest BCUT2D eigenvalue weighted by Crippen LogP contribution is -2.33. The molecule has 0 bridgehead atoms. The number of rotatable bonds is 8. The summed E-state index contributed by atoms with van der Waals surface area (Å²) in [7, 11) is -3.39. The highest BCUT2D eigenvalue weighted by atomic mass is 79.9. The number of thiophene rings is 1. The fourth-order valence-corrected chi connectivity index (χ4v) is 5.39. The first-order valence-corrected chi connectivity index (χ1v) is 9.67. The molecule has 0 saturated heterocycles. The maximum Gasteiger partial charge on any atom is 0.251 e. The summed E-state index contributed by atoms with van der Waals surface area (Å²) in [6.07, 6.45) is 4.57. The van der Waals surface area contributed by atoms with E-state index in [-0.39, 0.29) is 5.41 Å². The molecule has 0 amide bonds. The van der Waals surface area contributed by atoms with Crippen molar-refractivity contribution in [1.29, 1.82) is 0 Å².